The molecule has 0 aliphatic carbocycles. The molecule has 2 N–H and O–H groups in total. The van der Waals surface area contributed by atoms with Crippen LogP contribution in [0.4, 0.5) is 0 Å². The van der Waals surface area contributed by atoms with Crippen LogP contribution in [0.25, 0.3) is 0 Å². The normalized spacial score (nSPS) is 14.3. The lowest BCUT2D eigenvalue weighted by atomic mass is 10.1. The Morgan fingerprint density at radius 3 is 2.72 bits per heavy atom. The van der Waals surface area contributed by atoms with Crippen LogP contribution < -0.4 is 10.1 Å². The van der Waals surface area contributed by atoms with E-state index in [1.165, 1.54) is 0 Å². The second-order valence-electron chi connectivity index (χ2n) is 4.67. The molecular formula is C14H22BrNO2. The maximum absolute atomic E-state index is 9.90. The first kappa shape index (κ1) is 15.5. The number of aliphatic hydroxyl groups is 1. The van der Waals surface area contributed by atoms with Gasteiger partial charge in [-0.05, 0) is 43.7 Å². The zero-order valence-electron chi connectivity index (χ0n) is 11.3. The van der Waals surface area contributed by atoms with Crippen LogP contribution in [0, 0.1) is 0 Å². The van der Waals surface area contributed by atoms with E-state index in [0.717, 1.165) is 28.9 Å². The summed E-state index contributed by atoms with van der Waals surface area (Å²) in [6.07, 6.45) is 0.674. The van der Waals surface area contributed by atoms with Crippen molar-refractivity contribution in [3.05, 3.63) is 28.2 Å². The van der Waals surface area contributed by atoms with E-state index < -0.39 is 5.60 Å². The molecular weight excluding hydrogens is 294 g/mol. The van der Waals surface area contributed by atoms with Crippen molar-refractivity contribution in [2.24, 2.45) is 0 Å². The van der Waals surface area contributed by atoms with Gasteiger partial charge < -0.3 is 15.2 Å². The highest BCUT2D eigenvalue weighted by Crippen LogP contribution is 2.23. The second kappa shape index (κ2) is 7.12. The fraction of sp³-hybridized carbons (Fsp3) is 0.571. The standard InChI is InChI=1S/C14H22BrNO2/c1-4-14(3,17)10-18-12-6-7-13(15)11(8-12)9-16-5-2/h6-8,16-17H,4-5,9-10H2,1-3H3. The van der Waals surface area contributed by atoms with Crippen LogP contribution >= 0.6 is 15.9 Å². The van der Waals surface area contributed by atoms with Gasteiger partial charge in [0.05, 0.1) is 5.60 Å². The Balaban J connectivity index is 2.67. The van der Waals surface area contributed by atoms with Crippen molar-refractivity contribution >= 4 is 15.9 Å². The van der Waals surface area contributed by atoms with E-state index in [-0.39, 0.29) is 0 Å². The Bertz CT molecular complexity index is 380. The molecule has 0 radical (unpaired) electrons. The molecule has 0 spiro atoms. The lowest BCUT2D eigenvalue weighted by Crippen LogP contribution is -2.31. The molecule has 1 rings (SSSR count). The number of hydrogen-bond donors (Lipinski definition) is 2. The molecule has 0 bridgehead atoms. The highest BCUT2D eigenvalue weighted by Gasteiger charge is 2.18. The molecule has 1 aromatic rings. The highest BCUT2D eigenvalue weighted by atomic mass is 79.9. The zero-order chi connectivity index (χ0) is 13.6. The van der Waals surface area contributed by atoms with Crippen LogP contribution in [0.15, 0.2) is 22.7 Å². The van der Waals surface area contributed by atoms with E-state index in [1.54, 1.807) is 6.92 Å². The molecule has 4 heteroatoms. The third-order valence-electron chi connectivity index (χ3n) is 2.89. The number of nitrogens with one attached hydrogen (secondary N) is 1. The third-order valence-corrected chi connectivity index (χ3v) is 3.67. The van der Waals surface area contributed by atoms with E-state index in [9.17, 15) is 5.11 Å². The van der Waals surface area contributed by atoms with Crippen molar-refractivity contribution in [3.8, 4) is 5.75 Å². The Kier molecular flexibility index (Phi) is 6.12. The fourth-order valence-electron chi connectivity index (χ4n) is 1.38. The van der Waals surface area contributed by atoms with Crippen molar-refractivity contribution in [1.29, 1.82) is 0 Å². The lowest BCUT2D eigenvalue weighted by Gasteiger charge is -2.21. The monoisotopic (exact) mass is 315 g/mol. The molecule has 0 saturated heterocycles. The molecule has 102 valence electrons. The molecule has 1 aromatic carbocycles. The van der Waals surface area contributed by atoms with Crippen LogP contribution in [0.1, 0.15) is 32.8 Å². The first-order chi connectivity index (χ1) is 8.48. The Labute approximate surface area is 118 Å². The smallest absolute Gasteiger partial charge is 0.119 e. The van der Waals surface area contributed by atoms with Crippen LogP contribution in [-0.2, 0) is 6.54 Å². The number of rotatable bonds is 7. The zero-order valence-corrected chi connectivity index (χ0v) is 12.9. The van der Waals surface area contributed by atoms with Gasteiger partial charge in [-0.1, -0.05) is 29.8 Å². The third kappa shape index (κ3) is 4.96. The maximum Gasteiger partial charge on any atom is 0.119 e. The average molecular weight is 316 g/mol. The van der Waals surface area contributed by atoms with E-state index in [0.29, 0.717) is 13.0 Å². The Morgan fingerprint density at radius 1 is 1.39 bits per heavy atom. The quantitative estimate of drug-likeness (QED) is 0.812. The molecule has 1 atom stereocenters. The summed E-state index contributed by atoms with van der Waals surface area (Å²) >= 11 is 3.52. The SMILES string of the molecule is CCNCc1cc(OCC(C)(O)CC)ccc1Br. The van der Waals surface area contributed by atoms with E-state index >= 15 is 0 Å². The first-order valence-electron chi connectivity index (χ1n) is 6.33. The minimum atomic E-state index is -0.769. The van der Waals surface area contributed by atoms with Crippen molar-refractivity contribution in [2.45, 2.75) is 39.3 Å². The number of hydrogen-bond acceptors (Lipinski definition) is 3. The van der Waals surface area contributed by atoms with Gasteiger partial charge in [-0.2, -0.15) is 0 Å². The predicted molar refractivity (Wildman–Crippen MR) is 77.9 cm³/mol. The van der Waals surface area contributed by atoms with Crippen LogP contribution in [0.3, 0.4) is 0 Å². The minimum Gasteiger partial charge on any atom is -0.491 e. The summed E-state index contributed by atoms with van der Waals surface area (Å²) in [5.74, 6) is 0.792. The van der Waals surface area contributed by atoms with Gasteiger partial charge in [-0.25, -0.2) is 0 Å². The van der Waals surface area contributed by atoms with Gasteiger partial charge in [0.25, 0.3) is 0 Å². The van der Waals surface area contributed by atoms with Crippen LogP contribution in [-0.4, -0.2) is 23.9 Å². The van der Waals surface area contributed by atoms with Gasteiger partial charge in [0.1, 0.15) is 12.4 Å². The fourth-order valence-corrected chi connectivity index (χ4v) is 1.76. The van der Waals surface area contributed by atoms with Crippen LogP contribution in [0.2, 0.25) is 0 Å². The Hall–Kier alpha value is -0.580. The number of ether oxygens (including phenoxy) is 1. The second-order valence-corrected chi connectivity index (χ2v) is 5.53. The average Bonchev–Trinajstić information content (AvgIpc) is 2.36. The molecule has 3 nitrogen and oxygen atoms in total. The van der Waals surface area contributed by atoms with Gasteiger partial charge in [0, 0.05) is 11.0 Å². The molecule has 0 saturated carbocycles. The number of halogens is 1. The molecule has 0 fully saturated rings. The summed E-state index contributed by atoms with van der Waals surface area (Å²) in [6.45, 7) is 7.85. The lowest BCUT2D eigenvalue weighted by molar-refractivity contribution is 0.00844. The molecule has 0 aliphatic rings. The first-order valence-corrected chi connectivity index (χ1v) is 7.12. The molecule has 18 heavy (non-hydrogen) atoms. The van der Waals surface area contributed by atoms with Crippen LogP contribution in [0.5, 0.6) is 5.75 Å². The predicted octanol–water partition coefficient (Wildman–Crippen LogP) is 3.10. The van der Waals surface area contributed by atoms with E-state index in [1.807, 2.05) is 25.1 Å². The maximum atomic E-state index is 9.90. The van der Waals surface area contributed by atoms with E-state index in [2.05, 4.69) is 28.2 Å². The van der Waals surface area contributed by atoms with Crippen molar-refractivity contribution < 1.29 is 9.84 Å². The van der Waals surface area contributed by atoms with Crippen molar-refractivity contribution in [3.63, 3.8) is 0 Å². The van der Waals surface area contributed by atoms with E-state index in [4.69, 9.17) is 4.74 Å². The number of benzene rings is 1. The van der Waals surface area contributed by atoms with Gasteiger partial charge in [-0.3, -0.25) is 0 Å². The van der Waals surface area contributed by atoms with Crippen molar-refractivity contribution in [1.82, 2.24) is 5.32 Å². The molecule has 0 heterocycles. The van der Waals surface area contributed by atoms with Gasteiger partial charge in [0.15, 0.2) is 0 Å². The largest absolute Gasteiger partial charge is 0.491 e. The molecule has 0 aliphatic heterocycles. The highest BCUT2D eigenvalue weighted by molar-refractivity contribution is 9.10. The minimum absolute atomic E-state index is 0.311. The topological polar surface area (TPSA) is 41.5 Å². The summed E-state index contributed by atoms with van der Waals surface area (Å²) in [4.78, 5) is 0. The molecule has 1 unspecified atom stereocenters. The summed E-state index contributed by atoms with van der Waals surface area (Å²) in [5, 5.41) is 13.2. The van der Waals surface area contributed by atoms with Gasteiger partial charge >= 0.3 is 0 Å². The summed E-state index contributed by atoms with van der Waals surface area (Å²) < 4.78 is 6.71. The summed E-state index contributed by atoms with van der Waals surface area (Å²) in [7, 11) is 0. The summed E-state index contributed by atoms with van der Waals surface area (Å²) in [6, 6.07) is 5.88. The summed E-state index contributed by atoms with van der Waals surface area (Å²) in [5.41, 5.74) is 0.389. The van der Waals surface area contributed by atoms with Crippen molar-refractivity contribution in [2.75, 3.05) is 13.2 Å². The Morgan fingerprint density at radius 2 is 2.11 bits per heavy atom. The molecule has 0 aromatic heterocycles. The molecule has 0 amide bonds. The van der Waals surface area contributed by atoms with Gasteiger partial charge in [0.2, 0.25) is 0 Å². The van der Waals surface area contributed by atoms with Gasteiger partial charge in [-0.15, -0.1) is 0 Å².